The van der Waals surface area contributed by atoms with Crippen molar-refractivity contribution in [1.29, 1.82) is 0 Å². The van der Waals surface area contributed by atoms with Crippen LogP contribution in [0.5, 0.6) is 0 Å². The van der Waals surface area contributed by atoms with Gasteiger partial charge >= 0.3 is 0 Å². The minimum Gasteiger partial charge on any atom is -0.308 e. The number of nitrogen functional groups attached to an aromatic ring is 1. The van der Waals surface area contributed by atoms with Gasteiger partial charge in [0.15, 0.2) is 5.82 Å². The van der Waals surface area contributed by atoms with E-state index in [-0.39, 0.29) is 5.92 Å². The van der Waals surface area contributed by atoms with Crippen LogP contribution in [0.15, 0.2) is 18.5 Å². The zero-order valence-electron chi connectivity index (χ0n) is 10.2. The van der Waals surface area contributed by atoms with Gasteiger partial charge in [-0.15, -0.1) is 0 Å². The van der Waals surface area contributed by atoms with Gasteiger partial charge in [-0.05, 0) is 13.0 Å². The van der Waals surface area contributed by atoms with Crippen LogP contribution < -0.4 is 11.3 Å². The summed E-state index contributed by atoms with van der Waals surface area (Å²) in [6, 6.07) is 1.85. The van der Waals surface area contributed by atoms with Crippen LogP contribution in [0.25, 0.3) is 5.82 Å². The molecule has 0 saturated carbocycles. The third-order valence-corrected chi connectivity index (χ3v) is 2.51. The van der Waals surface area contributed by atoms with Gasteiger partial charge in [0.2, 0.25) is 0 Å². The molecule has 0 spiro atoms. The summed E-state index contributed by atoms with van der Waals surface area (Å²) < 4.78 is 1.71. The Morgan fingerprint density at radius 2 is 2.12 bits per heavy atom. The van der Waals surface area contributed by atoms with E-state index in [1.165, 1.54) is 0 Å². The summed E-state index contributed by atoms with van der Waals surface area (Å²) in [5.74, 6) is 7.83. The molecule has 0 fully saturated rings. The molecule has 2 heterocycles. The molecular formula is C11H16N6. The predicted molar refractivity (Wildman–Crippen MR) is 65.8 cm³/mol. The summed E-state index contributed by atoms with van der Waals surface area (Å²) in [6.45, 7) is 5.99. The lowest BCUT2D eigenvalue weighted by Crippen LogP contribution is -2.15. The van der Waals surface area contributed by atoms with Crippen molar-refractivity contribution in [1.82, 2.24) is 19.7 Å². The highest BCUT2D eigenvalue weighted by Gasteiger charge is 2.13. The van der Waals surface area contributed by atoms with E-state index in [0.29, 0.717) is 5.82 Å². The van der Waals surface area contributed by atoms with Gasteiger partial charge in [0.05, 0.1) is 0 Å². The summed E-state index contributed by atoms with van der Waals surface area (Å²) >= 11 is 0. The average Bonchev–Trinajstić information content (AvgIpc) is 2.82. The molecule has 2 aromatic heterocycles. The Morgan fingerprint density at radius 3 is 2.65 bits per heavy atom. The maximum absolute atomic E-state index is 5.47. The van der Waals surface area contributed by atoms with Crippen molar-refractivity contribution in [3.05, 3.63) is 29.8 Å². The molecule has 6 heteroatoms. The van der Waals surface area contributed by atoms with Crippen LogP contribution in [0, 0.1) is 6.92 Å². The minimum atomic E-state index is 0.233. The number of hydrogen-bond donors (Lipinski definition) is 2. The Morgan fingerprint density at radius 1 is 1.35 bits per heavy atom. The van der Waals surface area contributed by atoms with Gasteiger partial charge in [-0.1, -0.05) is 13.8 Å². The normalized spacial score (nSPS) is 10.9. The molecule has 0 aromatic carbocycles. The Balaban J connectivity index is 2.61. The zero-order valence-corrected chi connectivity index (χ0v) is 10.2. The molecule has 2 aromatic rings. The van der Waals surface area contributed by atoms with E-state index in [1.807, 2.05) is 33.0 Å². The van der Waals surface area contributed by atoms with E-state index < -0.39 is 0 Å². The number of rotatable bonds is 3. The van der Waals surface area contributed by atoms with Crippen molar-refractivity contribution in [3.63, 3.8) is 0 Å². The molecule has 0 aliphatic rings. The molecule has 0 amide bonds. The standard InChI is InChI=1S/C11H16N6/c1-7(2)9-14-10(16-12)8(3)11(15-9)17-6-4-5-13-17/h4-7H,12H2,1-3H3,(H,14,15,16). The lowest BCUT2D eigenvalue weighted by Gasteiger charge is -2.13. The van der Waals surface area contributed by atoms with Crippen LogP contribution in [0.4, 0.5) is 5.82 Å². The van der Waals surface area contributed by atoms with Gasteiger partial charge in [0.1, 0.15) is 11.6 Å². The molecular weight excluding hydrogens is 216 g/mol. The number of hydrogen-bond acceptors (Lipinski definition) is 5. The van der Waals surface area contributed by atoms with Gasteiger partial charge in [-0.25, -0.2) is 20.5 Å². The molecule has 0 saturated heterocycles. The average molecular weight is 232 g/mol. The lowest BCUT2D eigenvalue weighted by atomic mass is 10.2. The molecule has 0 aliphatic carbocycles. The van der Waals surface area contributed by atoms with E-state index in [2.05, 4.69) is 20.5 Å². The number of hydrazine groups is 1. The molecule has 6 nitrogen and oxygen atoms in total. The minimum absolute atomic E-state index is 0.233. The fourth-order valence-corrected chi connectivity index (χ4v) is 1.54. The first-order valence-electron chi connectivity index (χ1n) is 5.48. The van der Waals surface area contributed by atoms with Gasteiger partial charge in [0.25, 0.3) is 0 Å². The van der Waals surface area contributed by atoms with Crippen molar-refractivity contribution < 1.29 is 0 Å². The highest BCUT2D eigenvalue weighted by atomic mass is 15.3. The van der Waals surface area contributed by atoms with Crippen molar-refractivity contribution in [2.24, 2.45) is 5.84 Å². The summed E-state index contributed by atoms with van der Waals surface area (Å²) in [5.41, 5.74) is 3.48. The van der Waals surface area contributed by atoms with Crippen LogP contribution in [-0.2, 0) is 0 Å². The summed E-state index contributed by atoms with van der Waals surface area (Å²) in [4.78, 5) is 8.89. The third-order valence-electron chi connectivity index (χ3n) is 2.51. The maximum Gasteiger partial charge on any atom is 0.162 e. The largest absolute Gasteiger partial charge is 0.308 e. The maximum atomic E-state index is 5.47. The van der Waals surface area contributed by atoms with E-state index in [4.69, 9.17) is 5.84 Å². The first-order chi connectivity index (χ1) is 8.13. The van der Waals surface area contributed by atoms with E-state index in [1.54, 1.807) is 10.9 Å². The molecule has 2 rings (SSSR count). The van der Waals surface area contributed by atoms with Crippen molar-refractivity contribution >= 4 is 5.82 Å². The number of anilines is 1. The van der Waals surface area contributed by atoms with Gasteiger partial charge in [0, 0.05) is 23.9 Å². The highest BCUT2D eigenvalue weighted by molar-refractivity contribution is 5.50. The van der Waals surface area contributed by atoms with E-state index >= 15 is 0 Å². The second-order valence-electron chi connectivity index (χ2n) is 4.13. The van der Waals surface area contributed by atoms with Crippen LogP contribution in [0.1, 0.15) is 31.2 Å². The van der Waals surface area contributed by atoms with E-state index in [0.717, 1.165) is 17.2 Å². The summed E-state index contributed by atoms with van der Waals surface area (Å²) in [6.07, 6.45) is 3.56. The quantitative estimate of drug-likeness (QED) is 0.617. The molecule has 17 heavy (non-hydrogen) atoms. The fraction of sp³-hybridized carbons (Fsp3) is 0.364. The van der Waals surface area contributed by atoms with Gasteiger partial charge in [-0.2, -0.15) is 5.10 Å². The predicted octanol–water partition coefficient (Wildman–Crippen LogP) is 1.38. The first-order valence-corrected chi connectivity index (χ1v) is 5.48. The summed E-state index contributed by atoms with van der Waals surface area (Å²) in [7, 11) is 0. The van der Waals surface area contributed by atoms with Crippen LogP contribution >= 0.6 is 0 Å². The van der Waals surface area contributed by atoms with Crippen LogP contribution in [0.3, 0.4) is 0 Å². The number of aromatic nitrogens is 4. The summed E-state index contributed by atoms with van der Waals surface area (Å²) in [5, 5.41) is 4.18. The fourth-order valence-electron chi connectivity index (χ4n) is 1.54. The number of nitrogens with two attached hydrogens (primary N) is 1. The lowest BCUT2D eigenvalue weighted by molar-refractivity contribution is 0.741. The molecule has 0 bridgehead atoms. The Bertz CT molecular complexity index is 503. The van der Waals surface area contributed by atoms with Crippen molar-refractivity contribution in [3.8, 4) is 5.82 Å². The Kier molecular flexibility index (Phi) is 3.06. The number of nitrogens with zero attached hydrogens (tertiary/aromatic N) is 4. The second kappa shape index (κ2) is 4.50. The smallest absolute Gasteiger partial charge is 0.162 e. The first kappa shape index (κ1) is 11.5. The SMILES string of the molecule is Cc1c(NN)nc(C(C)C)nc1-n1cccn1. The Hall–Kier alpha value is -1.95. The highest BCUT2D eigenvalue weighted by Crippen LogP contribution is 2.20. The molecule has 0 atom stereocenters. The monoisotopic (exact) mass is 232 g/mol. The number of nitrogens with one attached hydrogen (secondary N) is 1. The van der Waals surface area contributed by atoms with Crippen molar-refractivity contribution in [2.75, 3.05) is 5.43 Å². The molecule has 90 valence electrons. The van der Waals surface area contributed by atoms with Gasteiger partial charge in [-0.3, -0.25) is 0 Å². The zero-order chi connectivity index (χ0) is 12.4. The molecule has 0 aliphatic heterocycles. The second-order valence-corrected chi connectivity index (χ2v) is 4.13. The van der Waals surface area contributed by atoms with Crippen LogP contribution in [0.2, 0.25) is 0 Å². The van der Waals surface area contributed by atoms with Crippen LogP contribution in [-0.4, -0.2) is 19.7 Å². The van der Waals surface area contributed by atoms with Crippen molar-refractivity contribution in [2.45, 2.75) is 26.7 Å². The van der Waals surface area contributed by atoms with Gasteiger partial charge < -0.3 is 5.43 Å². The molecule has 3 N–H and O–H groups in total. The topological polar surface area (TPSA) is 81.6 Å². The molecule has 0 radical (unpaired) electrons. The molecule has 0 unspecified atom stereocenters. The van der Waals surface area contributed by atoms with E-state index in [9.17, 15) is 0 Å². The Labute approximate surface area is 99.9 Å². The third kappa shape index (κ3) is 2.12.